The van der Waals surface area contributed by atoms with Gasteiger partial charge < -0.3 is 10.6 Å². The lowest BCUT2D eigenvalue weighted by Crippen LogP contribution is -2.34. The Morgan fingerprint density at radius 1 is 1.23 bits per heavy atom. The number of nitrogens with zero attached hydrogens (tertiary/aromatic N) is 1. The van der Waals surface area contributed by atoms with Crippen molar-refractivity contribution in [3.8, 4) is 0 Å². The molecule has 0 saturated carbocycles. The molecule has 1 unspecified atom stereocenters. The number of fused-ring (bicyclic) bond motifs is 1. The zero-order valence-electron chi connectivity index (χ0n) is 11.8. The number of carbonyl (C=O) groups is 2. The Hall–Kier alpha value is -2.34. The van der Waals surface area contributed by atoms with Crippen molar-refractivity contribution in [1.82, 2.24) is 10.3 Å². The van der Waals surface area contributed by atoms with Gasteiger partial charge in [0.15, 0.2) is 0 Å². The van der Waals surface area contributed by atoms with Gasteiger partial charge in [0.1, 0.15) is 0 Å². The highest BCUT2D eigenvalue weighted by atomic mass is 32.2. The second-order valence-corrected chi connectivity index (χ2v) is 6.14. The topological polar surface area (TPSA) is 71.1 Å². The van der Waals surface area contributed by atoms with Crippen LogP contribution in [0.25, 0.3) is 0 Å². The third-order valence-corrected chi connectivity index (χ3v) is 4.55. The molecule has 1 aliphatic heterocycles. The summed E-state index contributed by atoms with van der Waals surface area (Å²) in [6, 6.07) is 13.1. The van der Waals surface area contributed by atoms with Crippen LogP contribution in [0.2, 0.25) is 0 Å². The lowest BCUT2D eigenvalue weighted by atomic mass is 10.2. The van der Waals surface area contributed by atoms with E-state index in [-0.39, 0.29) is 18.2 Å². The van der Waals surface area contributed by atoms with Crippen LogP contribution in [0.15, 0.2) is 53.6 Å². The number of aromatic nitrogens is 1. The summed E-state index contributed by atoms with van der Waals surface area (Å²) in [5, 5.41) is 5.23. The van der Waals surface area contributed by atoms with Gasteiger partial charge in [-0.25, -0.2) is 0 Å². The van der Waals surface area contributed by atoms with Crippen molar-refractivity contribution in [3.63, 3.8) is 0 Å². The Morgan fingerprint density at radius 2 is 2.05 bits per heavy atom. The van der Waals surface area contributed by atoms with E-state index in [9.17, 15) is 9.59 Å². The number of thioether (sulfide) groups is 1. The molecule has 6 heteroatoms. The van der Waals surface area contributed by atoms with E-state index >= 15 is 0 Å². The van der Waals surface area contributed by atoms with E-state index in [1.54, 1.807) is 6.20 Å². The van der Waals surface area contributed by atoms with Gasteiger partial charge >= 0.3 is 0 Å². The van der Waals surface area contributed by atoms with Crippen molar-refractivity contribution < 1.29 is 9.59 Å². The van der Waals surface area contributed by atoms with Gasteiger partial charge in [0.2, 0.25) is 11.8 Å². The van der Waals surface area contributed by atoms with Crippen LogP contribution in [0.1, 0.15) is 12.1 Å². The second kappa shape index (κ2) is 6.62. The molecule has 0 fully saturated rings. The molecule has 1 aromatic heterocycles. The Balaban J connectivity index is 1.57. The van der Waals surface area contributed by atoms with Crippen LogP contribution in [-0.2, 0) is 16.1 Å². The first-order valence-electron chi connectivity index (χ1n) is 6.95. The number of benzene rings is 1. The normalized spacial score (nSPS) is 16.5. The summed E-state index contributed by atoms with van der Waals surface area (Å²) in [7, 11) is 0. The van der Waals surface area contributed by atoms with E-state index in [0.29, 0.717) is 6.54 Å². The Bertz CT molecular complexity index is 691. The third kappa shape index (κ3) is 3.46. The highest BCUT2D eigenvalue weighted by molar-refractivity contribution is 8.01. The number of carbonyl (C=O) groups excluding carboxylic acids is 2. The SMILES string of the molecule is O=C(CC1Sc2ccccc2NC1=O)NCc1ccccn1. The number of anilines is 1. The predicted molar refractivity (Wildman–Crippen MR) is 85.4 cm³/mol. The van der Waals surface area contributed by atoms with Crippen LogP contribution in [0.4, 0.5) is 5.69 Å². The first-order chi connectivity index (χ1) is 10.7. The average Bonchev–Trinajstić information content (AvgIpc) is 2.55. The van der Waals surface area contributed by atoms with E-state index in [1.807, 2.05) is 42.5 Å². The number of pyridine rings is 1. The largest absolute Gasteiger partial charge is 0.350 e. The molecule has 22 heavy (non-hydrogen) atoms. The minimum absolute atomic E-state index is 0.128. The van der Waals surface area contributed by atoms with Crippen LogP contribution < -0.4 is 10.6 Å². The highest BCUT2D eigenvalue weighted by Crippen LogP contribution is 2.36. The molecule has 5 nitrogen and oxygen atoms in total. The zero-order chi connectivity index (χ0) is 15.4. The molecule has 2 N–H and O–H groups in total. The summed E-state index contributed by atoms with van der Waals surface area (Å²) >= 11 is 1.43. The minimum Gasteiger partial charge on any atom is -0.350 e. The molecular weight excluding hydrogens is 298 g/mol. The van der Waals surface area contributed by atoms with Crippen molar-refractivity contribution in [3.05, 3.63) is 54.4 Å². The van der Waals surface area contributed by atoms with Gasteiger partial charge in [0.25, 0.3) is 0 Å². The van der Waals surface area contributed by atoms with Crippen LogP contribution >= 0.6 is 11.8 Å². The average molecular weight is 313 g/mol. The third-order valence-electron chi connectivity index (χ3n) is 3.27. The molecule has 2 amide bonds. The fraction of sp³-hybridized carbons (Fsp3) is 0.188. The summed E-state index contributed by atoms with van der Waals surface area (Å²) in [4.78, 5) is 29.2. The van der Waals surface area contributed by atoms with Gasteiger partial charge in [0.05, 0.1) is 23.2 Å². The number of amides is 2. The number of para-hydroxylation sites is 1. The molecule has 1 atom stereocenters. The fourth-order valence-electron chi connectivity index (χ4n) is 2.16. The monoisotopic (exact) mass is 313 g/mol. The molecule has 0 spiro atoms. The van der Waals surface area contributed by atoms with Gasteiger partial charge in [-0.1, -0.05) is 18.2 Å². The van der Waals surface area contributed by atoms with Crippen molar-refractivity contribution in [2.45, 2.75) is 23.1 Å². The van der Waals surface area contributed by atoms with Crippen LogP contribution in [0, 0.1) is 0 Å². The van der Waals surface area contributed by atoms with Crippen molar-refractivity contribution >= 4 is 29.3 Å². The number of nitrogens with one attached hydrogen (secondary N) is 2. The van der Waals surface area contributed by atoms with Gasteiger partial charge in [-0.2, -0.15) is 0 Å². The van der Waals surface area contributed by atoms with Crippen LogP contribution in [-0.4, -0.2) is 22.0 Å². The lowest BCUT2D eigenvalue weighted by Gasteiger charge is -2.23. The second-order valence-electron chi connectivity index (χ2n) is 4.89. The summed E-state index contributed by atoms with van der Waals surface area (Å²) in [6.07, 6.45) is 1.83. The summed E-state index contributed by atoms with van der Waals surface area (Å²) in [6.45, 7) is 0.370. The maximum atomic E-state index is 12.0. The molecule has 3 rings (SSSR count). The van der Waals surface area contributed by atoms with Crippen molar-refractivity contribution in [2.75, 3.05) is 5.32 Å². The first-order valence-corrected chi connectivity index (χ1v) is 7.83. The van der Waals surface area contributed by atoms with Gasteiger partial charge in [-0.05, 0) is 24.3 Å². The van der Waals surface area contributed by atoms with Gasteiger partial charge in [0, 0.05) is 17.5 Å². The van der Waals surface area contributed by atoms with Gasteiger partial charge in [-0.15, -0.1) is 11.8 Å². The molecule has 112 valence electrons. The van der Waals surface area contributed by atoms with E-state index in [4.69, 9.17) is 0 Å². The molecule has 0 bridgehead atoms. The molecule has 1 aliphatic rings. The molecule has 0 radical (unpaired) electrons. The maximum absolute atomic E-state index is 12.0. The van der Waals surface area contributed by atoms with Crippen LogP contribution in [0.5, 0.6) is 0 Å². The fourth-order valence-corrected chi connectivity index (χ4v) is 3.27. The van der Waals surface area contributed by atoms with E-state index < -0.39 is 5.25 Å². The predicted octanol–water partition coefficient (Wildman–Crippen LogP) is 2.20. The van der Waals surface area contributed by atoms with E-state index in [2.05, 4.69) is 15.6 Å². The van der Waals surface area contributed by atoms with Crippen molar-refractivity contribution in [2.24, 2.45) is 0 Å². The van der Waals surface area contributed by atoms with Crippen LogP contribution in [0.3, 0.4) is 0 Å². The zero-order valence-corrected chi connectivity index (χ0v) is 12.6. The minimum atomic E-state index is -0.404. The Kier molecular flexibility index (Phi) is 4.39. The molecule has 2 heterocycles. The number of hydrogen-bond acceptors (Lipinski definition) is 4. The smallest absolute Gasteiger partial charge is 0.238 e. The maximum Gasteiger partial charge on any atom is 0.238 e. The standard InChI is InChI=1S/C16H15N3O2S/c20-15(18-10-11-5-3-4-8-17-11)9-14-16(21)19-12-6-1-2-7-13(12)22-14/h1-8,14H,9-10H2,(H,18,20)(H,19,21). The van der Waals surface area contributed by atoms with E-state index in [0.717, 1.165) is 16.3 Å². The lowest BCUT2D eigenvalue weighted by molar-refractivity contribution is -0.124. The number of hydrogen-bond donors (Lipinski definition) is 2. The van der Waals surface area contributed by atoms with Crippen molar-refractivity contribution in [1.29, 1.82) is 0 Å². The molecule has 1 aromatic carbocycles. The first kappa shape index (κ1) is 14.6. The summed E-state index contributed by atoms with van der Waals surface area (Å²) in [5.41, 5.74) is 1.60. The summed E-state index contributed by atoms with van der Waals surface area (Å²) in [5.74, 6) is -0.283. The molecule has 0 aliphatic carbocycles. The highest BCUT2D eigenvalue weighted by Gasteiger charge is 2.28. The molecule has 2 aromatic rings. The Morgan fingerprint density at radius 3 is 2.86 bits per heavy atom. The quantitative estimate of drug-likeness (QED) is 0.908. The Labute approximate surface area is 132 Å². The summed E-state index contributed by atoms with van der Waals surface area (Å²) < 4.78 is 0. The van der Waals surface area contributed by atoms with E-state index in [1.165, 1.54) is 11.8 Å². The van der Waals surface area contributed by atoms with Gasteiger partial charge in [-0.3, -0.25) is 14.6 Å². The molecule has 0 saturated heterocycles. The number of rotatable bonds is 4. The molecular formula is C16H15N3O2S.